The van der Waals surface area contributed by atoms with Gasteiger partial charge >= 0.3 is 6.09 Å². The minimum absolute atomic E-state index is 0.168. The Kier molecular flexibility index (Phi) is 4.37. The van der Waals surface area contributed by atoms with E-state index in [0.29, 0.717) is 13.1 Å². The van der Waals surface area contributed by atoms with Crippen LogP contribution in [0.2, 0.25) is 0 Å². The van der Waals surface area contributed by atoms with E-state index in [1.165, 1.54) is 0 Å². The molecular weight excluding hydrogens is 220 g/mol. The Hall–Kier alpha value is -1.26. The van der Waals surface area contributed by atoms with Gasteiger partial charge in [0.25, 0.3) is 0 Å². The van der Waals surface area contributed by atoms with Crippen molar-refractivity contribution in [1.82, 2.24) is 9.80 Å². The second-order valence-electron chi connectivity index (χ2n) is 5.46. The van der Waals surface area contributed by atoms with Crippen molar-refractivity contribution in [2.45, 2.75) is 45.3 Å². The number of likely N-dealkylation sites (tertiary alicyclic amines) is 1. The summed E-state index contributed by atoms with van der Waals surface area (Å²) >= 11 is 0. The van der Waals surface area contributed by atoms with Gasteiger partial charge in [0.2, 0.25) is 6.41 Å². The molecule has 0 atom stereocenters. The van der Waals surface area contributed by atoms with E-state index in [9.17, 15) is 9.59 Å². The van der Waals surface area contributed by atoms with Crippen LogP contribution in [0.5, 0.6) is 0 Å². The first-order chi connectivity index (χ1) is 7.83. The Morgan fingerprint density at radius 3 is 2.29 bits per heavy atom. The minimum Gasteiger partial charge on any atom is -0.444 e. The van der Waals surface area contributed by atoms with Gasteiger partial charge in [0.15, 0.2) is 0 Å². The molecule has 0 radical (unpaired) electrons. The van der Waals surface area contributed by atoms with Gasteiger partial charge in [-0.15, -0.1) is 0 Å². The van der Waals surface area contributed by atoms with Crippen molar-refractivity contribution < 1.29 is 14.3 Å². The van der Waals surface area contributed by atoms with E-state index in [0.717, 1.165) is 19.3 Å². The van der Waals surface area contributed by atoms with Crippen molar-refractivity contribution in [2.75, 3.05) is 20.1 Å². The number of ether oxygens (including phenoxy) is 1. The predicted octanol–water partition coefficient (Wildman–Crippen LogP) is 1.47. The van der Waals surface area contributed by atoms with Crippen molar-refractivity contribution in [3.8, 4) is 0 Å². The van der Waals surface area contributed by atoms with Gasteiger partial charge in [-0.2, -0.15) is 0 Å². The minimum atomic E-state index is -0.463. The summed E-state index contributed by atoms with van der Waals surface area (Å²) in [6, 6.07) is 0.168. The molecule has 0 bridgehead atoms. The largest absolute Gasteiger partial charge is 0.444 e. The molecule has 2 amide bonds. The lowest BCUT2D eigenvalue weighted by molar-refractivity contribution is -0.119. The average molecular weight is 242 g/mol. The second-order valence-corrected chi connectivity index (χ2v) is 5.46. The molecule has 0 unspecified atom stereocenters. The molecule has 0 spiro atoms. The zero-order chi connectivity index (χ0) is 13.1. The molecular formula is C12H22N2O3. The fourth-order valence-electron chi connectivity index (χ4n) is 1.86. The fourth-order valence-corrected chi connectivity index (χ4v) is 1.86. The highest BCUT2D eigenvalue weighted by Crippen LogP contribution is 2.17. The molecule has 1 fully saturated rings. The Morgan fingerprint density at radius 1 is 1.35 bits per heavy atom. The molecule has 1 aliphatic rings. The second kappa shape index (κ2) is 5.38. The van der Waals surface area contributed by atoms with E-state index in [1.54, 1.807) is 16.8 Å². The number of rotatable bonds is 2. The van der Waals surface area contributed by atoms with Crippen LogP contribution in [0.3, 0.4) is 0 Å². The Balaban J connectivity index is 2.45. The highest BCUT2D eigenvalue weighted by Gasteiger charge is 2.27. The zero-order valence-corrected chi connectivity index (χ0v) is 11.1. The molecule has 1 saturated heterocycles. The van der Waals surface area contributed by atoms with Crippen molar-refractivity contribution in [3.05, 3.63) is 0 Å². The van der Waals surface area contributed by atoms with Gasteiger partial charge in [-0.25, -0.2) is 4.79 Å². The number of hydrogen-bond acceptors (Lipinski definition) is 3. The van der Waals surface area contributed by atoms with Crippen LogP contribution in [0.15, 0.2) is 0 Å². The first-order valence-corrected chi connectivity index (χ1v) is 5.98. The summed E-state index contributed by atoms with van der Waals surface area (Å²) in [5.41, 5.74) is -0.463. The molecule has 5 heteroatoms. The van der Waals surface area contributed by atoms with E-state index in [2.05, 4.69) is 0 Å². The van der Waals surface area contributed by atoms with Gasteiger partial charge in [-0.05, 0) is 33.6 Å². The molecule has 0 aromatic rings. The molecule has 0 aromatic carbocycles. The van der Waals surface area contributed by atoms with E-state index in [-0.39, 0.29) is 12.1 Å². The predicted molar refractivity (Wildman–Crippen MR) is 64.7 cm³/mol. The van der Waals surface area contributed by atoms with E-state index in [1.807, 2.05) is 20.8 Å². The van der Waals surface area contributed by atoms with Crippen LogP contribution in [0.4, 0.5) is 4.79 Å². The summed E-state index contributed by atoms with van der Waals surface area (Å²) in [7, 11) is 1.76. The van der Waals surface area contributed by atoms with Crippen LogP contribution >= 0.6 is 0 Å². The van der Waals surface area contributed by atoms with Crippen molar-refractivity contribution in [1.29, 1.82) is 0 Å². The molecule has 0 aromatic heterocycles. The van der Waals surface area contributed by atoms with Gasteiger partial charge in [0.05, 0.1) is 0 Å². The number of carbonyl (C=O) groups excluding carboxylic acids is 2. The molecule has 0 N–H and O–H groups in total. The quantitative estimate of drug-likeness (QED) is 0.689. The molecule has 1 heterocycles. The standard InChI is InChI=1S/C12H22N2O3/c1-12(2,3)17-11(16)13(4)10-5-7-14(9-15)8-6-10/h9-10H,5-8H2,1-4H3. The highest BCUT2D eigenvalue weighted by molar-refractivity contribution is 5.68. The van der Waals surface area contributed by atoms with Crippen LogP contribution in [-0.2, 0) is 9.53 Å². The summed E-state index contributed by atoms with van der Waals surface area (Å²) in [5.74, 6) is 0. The number of amides is 2. The number of hydrogen-bond donors (Lipinski definition) is 0. The fraction of sp³-hybridized carbons (Fsp3) is 0.833. The van der Waals surface area contributed by atoms with Crippen molar-refractivity contribution in [3.63, 3.8) is 0 Å². The van der Waals surface area contributed by atoms with E-state index in [4.69, 9.17) is 4.74 Å². The van der Waals surface area contributed by atoms with Crippen LogP contribution in [0.1, 0.15) is 33.6 Å². The maximum absolute atomic E-state index is 11.8. The van der Waals surface area contributed by atoms with E-state index >= 15 is 0 Å². The van der Waals surface area contributed by atoms with Gasteiger partial charge in [0, 0.05) is 26.2 Å². The molecule has 0 aliphatic carbocycles. The third-order valence-electron chi connectivity index (χ3n) is 2.88. The van der Waals surface area contributed by atoms with Gasteiger partial charge in [0.1, 0.15) is 5.60 Å². The topological polar surface area (TPSA) is 49.9 Å². The summed E-state index contributed by atoms with van der Waals surface area (Å²) in [6.45, 7) is 6.98. The molecule has 1 rings (SSSR count). The SMILES string of the molecule is CN(C(=O)OC(C)(C)C)C1CCN(C=O)CC1. The molecule has 98 valence electrons. The summed E-state index contributed by atoms with van der Waals surface area (Å²) < 4.78 is 5.31. The average Bonchev–Trinajstić information content (AvgIpc) is 2.26. The molecule has 17 heavy (non-hydrogen) atoms. The lowest BCUT2D eigenvalue weighted by Crippen LogP contribution is -2.46. The Labute approximate surface area is 103 Å². The van der Waals surface area contributed by atoms with Crippen LogP contribution < -0.4 is 0 Å². The Morgan fingerprint density at radius 2 is 1.88 bits per heavy atom. The van der Waals surface area contributed by atoms with Crippen molar-refractivity contribution in [2.24, 2.45) is 0 Å². The van der Waals surface area contributed by atoms with Crippen LogP contribution in [0, 0.1) is 0 Å². The summed E-state index contributed by atoms with van der Waals surface area (Å²) in [6.07, 6.45) is 2.20. The summed E-state index contributed by atoms with van der Waals surface area (Å²) in [4.78, 5) is 25.8. The number of carbonyl (C=O) groups is 2. The Bertz CT molecular complexity index is 278. The van der Waals surface area contributed by atoms with Crippen molar-refractivity contribution >= 4 is 12.5 Å². The van der Waals surface area contributed by atoms with Gasteiger partial charge in [-0.3, -0.25) is 4.79 Å². The number of nitrogens with zero attached hydrogens (tertiary/aromatic N) is 2. The monoisotopic (exact) mass is 242 g/mol. The van der Waals surface area contributed by atoms with Crippen LogP contribution in [-0.4, -0.2) is 54.1 Å². The maximum atomic E-state index is 11.8. The lowest BCUT2D eigenvalue weighted by Gasteiger charge is -2.35. The van der Waals surface area contributed by atoms with Gasteiger partial charge in [-0.1, -0.05) is 0 Å². The molecule has 1 aliphatic heterocycles. The highest BCUT2D eigenvalue weighted by atomic mass is 16.6. The molecule has 5 nitrogen and oxygen atoms in total. The normalized spacial score (nSPS) is 17.8. The zero-order valence-electron chi connectivity index (χ0n) is 11.1. The first kappa shape index (κ1) is 13.8. The third kappa shape index (κ3) is 4.24. The van der Waals surface area contributed by atoms with E-state index < -0.39 is 5.60 Å². The number of piperidine rings is 1. The smallest absolute Gasteiger partial charge is 0.410 e. The lowest BCUT2D eigenvalue weighted by atomic mass is 10.0. The first-order valence-electron chi connectivity index (χ1n) is 5.98. The van der Waals surface area contributed by atoms with Crippen LogP contribution in [0.25, 0.3) is 0 Å². The third-order valence-corrected chi connectivity index (χ3v) is 2.88. The summed E-state index contributed by atoms with van der Waals surface area (Å²) in [5, 5.41) is 0. The molecule has 0 saturated carbocycles. The van der Waals surface area contributed by atoms with Gasteiger partial charge < -0.3 is 14.5 Å². The maximum Gasteiger partial charge on any atom is 0.410 e.